The maximum Gasteiger partial charge on any atom is 0.329 e. The maximum absolute atomic E-state index is 14.3. The van der Waals surface area contributed by atoms with Gasteiger partial charge in [0.2, 0.25) is 5.91 Å². The number of carbonyl (C=O) groups is 2. The average Bonchev–Trinajstić information content (AvgIpc) is 3.29. The molecule has 0 spiro atoms. The normalized spacial score (nSPS) is 14.2. The lowest BCUT2D eigenvalue weighted by Crippen LogP contribution is -2.43. The predicted octanol–water partition coefficient (Wildman–Crippen LogP) is 4.72. The van der Waals surface area contributed by atoms with Crippen molar-refractivity contribution in [2.24, 2.45) is 4.99 Å². The summed E-state index contributed by atoms with van der Waals surface area (Å²) in [7, 11) is 0. The number of aliphatic imine (C=N–C) groups is 1. The van der Waals surface area contributed by atoms with Crippen molar-refractivity contribution < 1.29 is 27.9 Å². The van der Waals surface area contributed by atoms with E-state index >= 15 is 0 Å². The average molecular weight is 619 g/mol. The minimum absolute atomic E-state index is 0.00738. The van der Waals surface area contributed by atoms with Crippen LogP contribution in [0.25, 0.3) is 11.1 Å². The van der Waals surface area contributed by atoms with Gasteiger partial charge in [-0.2, -0.15) is 4.98 Å². The van der Waals surface area contributed by atoms with Crippen LogP contribution in [0.4, 0.5) is 10.4 Å². The molecule has 214 valence electrons. The molecule has 12 heteroatoms. The largest absolute Gasteiger partial charge is 0.494 e. The number of aromatic nitrogens is 1. The van der Waals surface area contributed by atoms with Crippen LogP contribution in [-0.2, 0) is 20.7 Å². The Morgan fingerprint density at radius 2 is 2.00 bits per heavy atom. The number of guanidine groups is 1. The van der Waals surface area contributed by atoms with Crippen LogP contribution in [0.1, 0.15) is 45.6 Å². The molecule has 1 aliphatic heterocycles. The lowest BCUT2D eigenvalue weighted by molar-refractivity contribution is -0.155. The highest BCUT2D eigenvalue weighted by molar-refractivity contribution is 9.10. The van der Waals surface area contributed by atoms with Crippen molar-refractivity contribution in [2.75, 3.05) is 25.0 Å². The second-order valence-corrected chi connectivity index (χ2v) is 11.3. The summed E-state index contributed by atoms with van der Waals surface area (Å²) in [6.45, 7) is 7.24. The zero-order chi connectivity index (χ0) is 28.7. The monoisotopic (exact) mass is 617 g/mol. The maximum atomic E-state index is 14.3. The van der Waals surface area contributed by atoms with Crippen molar-refractivity contribution in [2.45, 2.75) is 58.1 Å². The van der Waals surface area contributed by atoms with E-state index in [2.05, 4.69) is 41.9 Å². The van der Waals surface area contributed by atoms with Crippen LogP contribution in [0.3, 0.4) is 0 Å². The first-order valence-electron chi connectivity index (χ1n) is 13.1. The molecule has 2 aromatic carbocycles. The van der Waals surface area contributed by atoms with Gasteiger partial charge >= 0.3 is 5.97 Å². The summed E-state index contributed by atoms with van der Waals surface area (Å²) in [6.07, 6.45) is 2.09. The fourth-order valence-electron chi connectivity index (χ4n) is 3.93. The molecule has 0 saturated carbocycles. The number of anilines is 1. The Balaban J connectivity index is 1.34. The van der Waals surface area contributed by atoms with E-state index in [4.69, 9.17) is 13.9 Å². The number of hydrogen-bond acceptors (Lipinski definition) is 9. The molecular formula is C28H33BrFN5O5. The number of nitrogens with one attached hydrogen (secondary N) is 3. The van der Waals surface area contributed by atoms with Crippen LogP contribution < -0.4 is 20.7 Å². The van der Waals surface area contributed by atoms with Crippen LogP contribution in [0.15, 0.2) is 50.3 Å². The molecule has 3 aromatic rings. The van der Waals surface area contributed by atoms with E-state index in [0.29, 0.717) is 47.7 Å². The van der Waals surface area contributed by atoms with Gasteiger partial charge in [0, 0.05) is 30.4 Å². The topological polar surface area (TPSA) is 127 Å². The fraction of sp³-hybridized carbons (Fsp3) is 0.429. The van der Waals surface area contributed by atoms with Crippen LogP contribution in [0.5, 0.6) is 5.75 Å². The molecule has 1 atom stereocenters. The summed E-state index contributed by atoms with van der Waals surface area (Å²) in [4.78, 5) is 33.6. The van der Waals surface area contributed by atoms with Crippen molar-refractivity contribution in [3.8, 4) is 5.75 Å². The number of benzene rings is 2. The summed E-state index contributed by atoms with van der Waals surface area (Å²) >= 11 is 3.24. The number of carbonyl (C=O) groups excluding carboxylic acids is 2. The number of rotatable bonds is 10. The predicted molar refractivity (Wildman–Crippen MR) is 153 cm³/mol. The van der Waals surface area contributed by atoms with Crippen LogP contribution >= 0.6 is 15.9 Å². The van der Waals surface area contributed by atoms with E-state index in [1.165, 1.54) is 6.07 Å². The molecule has 4 rings (SSSR count). The van der Waals surface area contributed by atoms with E-state index in [-0.39, 0.29) is 23.9 Å². The number of halogens is 2. The van der Waals surface area contributed by atoms with Gasteiger partial charge in [0.15, 0.2) is 17.4 Å². The third kappa shape index (κ3) is 8.67. The second kappa shape index (κ2) is 13.1. The summed E-state index contributed by atoms with van der Waals surface area (Å²) in [5, 5.41) is 8.79. The highest BCUT2D eigenvalue weighted by Gasteiger charge is 2.27. The van der Waals surface area contributed by atoms with Gasteiger partial charge in [0.25, 0.3) is 6.01 Å². The Hall–Kier alpha value is -3.67. The molecule has 0 fully saturated rings. The molecular weight excluding hydrogens is 585 g/mol. The summed E-state index contributed by atoms with van der Waals surface area (Å²) in [6, 6.07) is 9.37. The number of esters is 1. The van der Waals surface area contributed by atoms with E-state index in [0.717, 1.165) is 18.5 Å². The Morgan fingerprint density at radius 1 is 1.23 bits per heavy atom. The van der Waals surface area contributed by atoms with Crippen LogP contribution in [0, 0.1) is 5.82 Å². The van der Waals surface area contributed by atoms with Crippen LogP contribution in [0.2, 0.25) is 0 Å². The number of hydrogen-bond donors (Lipinski definition) is 3. The number of ether oxygens (including phenoxy) is 2. The van der Waals surface area contributed by atoms with Crippen molar-refractivity contribution in [1.29, 1.82) is 0 Å². The van der Waals surface area contributed by atoms with Crippen molar-refractivity contribution in [3.63, 3.8) is 0 Å². The molecule has 1 unspecified atom stereocenters. The number of amides is 1. The van der Waals surface area contributed by atoms with Gasteiger partial charge in [-0.05, 0) is 63.4 Å². The molecule has 0 aliphatic carbocycles. The molecule has 10 nitrogen and oxygen atoms in total. The van der Waals surface area contributed by atoms with Gasteiger partial charge in [-0.15, -0.1) is 0 Å². The van der Waals surface area contributed by atoms with Gasteiger partial charge in [0.05, 0.1) is 6.61 Å². The summed E-state index contributed by atoms with van der Waals surface area (Å²) in [5.74, 6) is 0.00428. The van der Waals surface area contributed by atoms with Gasteiger partial charge in [-0.25, -0.2) is 9.18 Å². The SMILES string of the molecule is CC(C)(C)OC(=O)C(Cc1ccc(OCCCC(=O)NC2=NCCCN2)cc1)Nc1nc2cc(Br)cc(F)c2o1. The molecule has 3 N–H and O–H groups in total. The van der Waals surface area contributed by atoms with Crippen molar-refractivity contribution >= 4 is 50.9 Å². The Morgan fingerprint density at radius 3 is 2.70 bits per heavy atom. The Kier molecular flexibility index (Phi) is 9.62. The minimum atomic E-state index is -0.840. The molecule has 1 aliphatic rings. The van der Waals surface area contributed by atoms with Gasteiger partial charge in [-0.1, -0.05) is 28.1 Å². The van der Waals surface area contributed by atoms with E-state index < -0.39 is 23.4 Å². The number of oxazole rings is 1. The Bertz CT molecular complexity index is 1370. The van der Waals surface area contributed by atoms with Gasteiger partial charge in [0.1, 0.15) is 22.9 Å². The van der Waals surface area contributed by atoms with Gasteiger partial charge < -0.3 is 24.5 Å². The second-order valence-electron chi connectivity index (χ2n) is 10.3. The summed E-state index contributed by atoms with van der Waals surface area (Å²) < 4.78 is 31.7. The quantitative estimate of drug-likeness (QED) is 0.220. The first-order valence-corrected chi connectivity index (χ1v) is 13.9. The smallest absolute Gasteiger partial charge is 0.329 e. The van der Waals surface area contributed by atoms with Gasteiger partial charge in [-0.3, -0.25) is 15.1 Å². The summed E-state index contributed by atoms with van der Waals surface area (Å²) in [5.41, 5.74) is 0.438. The number of fused-ring (bicyclic) bond motifs is 1. The zero-order valence-electron chi connectivity index (χ0n) is 22.7. The lowest BCUT2D eigenvalue weighted by atomic mass is 10.1. The number of nitrogens with zero attached hydrogens (tertiary/aromatic N) is 2. The first-order chi connectivity index (χ1) is 19.1. The lowest BCUT2D eigenvalue weighted by Gasteiger charge is -2.24. The van der Waals surface area contributed by atoms with E-state index in [1.807, 2.05) is 12.1 Å². The molecule has 0 radical (unpaired) electrons. The highest BCUT2D eigenvalue weighted by atomic mass is 79.9. The van der Waals surface area contributed by atoms with Crippen molar-refractivity contribution in [1.82, 2.24) is 15.6 Å². The molecule has 1 amide bonds. The molecule has 40 heavy (non-hydrogen) atoms. The Labute approximate surface area is 240 Å². The third-order valence-electron chi connectivity index (χ3n) is 5.73. The molecule has 1 aromatic heterocycles. The molecule has 0 bridgehead atoms. The first kappa shape index (κ1) is 29.3. The third-order valence-corrected chi connectivity index (χ3v) is 6.19. The van der Waals surface area contributed by atoms with E-state index in [9.17, 15) is 14.0 Å². The van der Waals surface area contributed by atoms with E-state index in [1.54, 1.807) is 39.0 Å². The molecule has 0 saturated heterocycles. The van der Waals surface area contributed by atoms with Crippen molar-refractivity contribution in [3.05, 3.63) is 52.3 Å². The van der Waals surface area contributed by atoms with Crippen LogP contribution in [-0.4, -0.2) is 54.2 Å². The minimum Gasteiger partial charge on any atom is -0.494 e. The molecule has 2 heterocycles. The standard InChI is InChI=1S/C28H33BrFN5O5/c1-28(2,3)40-25(37)22(34-27-33-21-16-18(29)15-20(30)24(21)39-27)14-17-7-9-19(10-8-17)38-13-4-6-23(36)35-26-31-11-5-12-32-26/h7-10,15-16,22H,4-6,11-14H2,1-3H3,(H,33,34)(H2,31,32,35,36). The fourth-order valence-corrected chi connectivity index (χ4v) is 4.35. The highest BCUT2D eigenvalue weighted by Crippen LogP contribution is 2.27. The zero-order valence-corrected chi connectivity index (χ0v) is 24.3.